The lowest BCUT2D eigenvalue weighted by Crippen LogP contribution is -2.35. The molecule has 2 aliphatic rings. The zero-order valence-corrected chi connectivity index (χ0v) is 47.6. The van der Waals surface area contributed by atoms with Crippen molar-refractivity contribution >= 4 is 69.5 Å². The van der Waals surface area contributed by atoms with Crippen LogP contribution in [0.5, 0.6) is 0 Å². The Morgan fingerprint density at radius 3 is 1.41 bits per heavy atom. The highest BCUT2D eigenvalue weighted by atomic mass is 19.1. The van der Waals surface area contributed by atoms with E-state index >= 15 is 0 Å². The third-order valence-electron chi connectivity index (χ3n) is 13.1. The summed E-state index contributed by atoms with van der Waals surface area (Å²) in [5, 5.41) is 20.9. The lowest BCUT2D eigenvalue weighted by atomic mass is 9.97. The number of fused-ring (bicyclic) bond motifs is 4. The summed E-state index contributed by atoms with van der Waals surface area (Å²) >= 11 is 0. The lowest BCUT2D eigenvalue weighted by molar-refractivity contribution is -0.158. The fourth-order valence-electron chi connectivity index (χ4n) is 9.39. The average molecular weight is 1160 g/mol. The number of esters is 2. The van der Waals surface area contributed by atoms with Crippen molar-refractivity contribution in [2.45, 2.75) is 105 Å². The highest BCUT2D eigenvalue weighted by Crippen LogP contribution is 2.34. The summed E-state index contributed by atoms with van der Waals surface area (Å²) in [5.74, 6) is -3.61. The Labute approximate surface area is 487 Å². The van der Waals surface area contributed by atoms with Crippen LogP contribution in [0.3, 0.4) is 0 Å². The van der Waals surface area contributed by atoms with E-state index in [2.05, 4.69) is 25.3 Å². The molecule has 6 aromatic carbocycles. The van der Waals surface area contributed by atoms with E-state index in [0.29, 0.717) is 81.4 Å². The van der Waals surface area contributed by atoms with Crippen LogP contribution in [0.4, 0.5) is 25.5 Å². The summed E-state index contributed by atoms with van der Waals surface area (Å²) in [6.07, 6.45) is -0.977. The van der Waals surface area contributed by atoms with Gasteiger partial charge < -0.3 is 51.0 Å². The Balaban J connectivity index is 0.000000191. The molecule has 4 heterocycles. The van der Waals surface area contributed by atoms with Crippen molar-refractivity contribution in [1.29, 1.82) is 0 Å². The minimum atomic E-state index is -1.10. The first-order valence-electron chi connectivity index (χ1n) is 26.9. The number of carboxylic acids is 1. The molecule has 2 aliphatic heterocycles. The predicted octanol–water partition coefficient (Wildman–Crippen LogP) is 9.60. The molecule has 22 heteroatoms. The molecule has 2 aromatic heterocycles. The van der Waals surface area contributed by atoms with Crippen molar-refractivity contribution in [3.63, 3.8) is 0 Å². The van der Waals surface area contributed by atoms with Crippen molar-refractivity contribution in [2.24, 2.45) is 0 Å². The summed E-state index contributed by atoms with van der Waals surface area (Å²) in [5.41, 5.74) is 19.7. The van der Waals surface area contributed by atoms with Crippen molar-refractivity contribution in [2.75, 3.05) is 18.0 Å². The number of carbonyl (C=O) groups is 6. The van der Waals surface area contributed by atoms with Crippen LogP contribution in [0.15, 0.2) is 121 Å². The molecule has 10 rings (SSSR count). The Hall–Kier alpha value is -9.96. The minimum absolute atomic E-state index is 0.0158. The molecular formula is C63H63F2N9O11. The van der Waals surface area contributed by atoms with Crippen LogP contribution in [0, 0.1) is 11.6 Å². The summed E-state index contributed by atoms with van der Waals surface area (Å²) in [6, 6.07) is 34.5. The van der Waals surface area contributed by atoms with Gasteiger partial charge in [-0.15, -0.1) is 0 Å². The van der Waals surface area contributed by atoms with Gasteiger partial charge in [0, 0.05) is 37.0 Å². The number of nitrogens with zero attached hydrogens (tertiary/aromatic N) is 6. The van der Waals surface area contributed by atoms with Crippen molar-refractivity contribution < 1.29 is 62.0 Å². The third kappa shape index (κ3) is 16.0. The van der Waals surface area contributed by atoms with Crippen LogP contribution in [0.2, 0.25) is 0 Å². The van der Waals surface area contributed by atoms with E-state index in [9.17, 15) is 42.7 Å². The van der Waals surface area contributed by atoms with Crippen LogP contribution in [0.25, 0.3) is 44.1 Å². The molecule has 0 fully saturated rings. The van der Waals surface area contributed by atoms with Gasteiger partial charge in [0.15, 0.2) is 0 Å². The topological polar surface area (TPSA) is 293 Å². The number of aromatic nitrogens is 4. The standard InChI is InChI=1S/C32H31FN4O5.C24H19FN4O2.C7H13NO4/c1-32(2,3)42-28(39)13-12-27(38)41-18-22-8-10-23(33)15-24(22)19-9-11-26-25(14-19)29(36-31(34)35-26)30(40)37-16-20-6-4-5-7-21(20)17-37;25-18-7-5-17(13-30)19(10-18)14-6-8-21-20(9-14)22(28-24(26)27-21)23(31)29-11-15-3-1-2-4-16(15)12-29;1-7(2,3)12-6(11)8-4-5(9)10/h4-11,14-15H,12-13,16-18H2,1-3H3,(H2,34,35,36);1-10,30H,11-13H2,(H2,26,27,28);4H2,1-3H3,(H,8,11)(H,9,10). The van der Waals surface area contributed by atoms with E-state index in [1.165, 1.54) is 30.3 Å². The largest absolute Gasteiger partial charge is 0.480 e. The van der Waals surface area contributed by atoms with Crippen molar-refractivity contribution in [1.82, 2.24) is 35.1 Å². The number of benzene rings is 6. The molecular weight excluding hydrogens is 1100 g/mol. The molecule has 0 aliphatic carbocycles. The molecule has 0 bridgehead atoms. The molecule has 0 radical (unpaired) electrons. The molecule has 8 aromatic rings. The number of carboxylic acid groups (broad SMARTS) is 1. The number of halogens is 2. The van der Waals surface area contributed by atoms with Crippen LogP contribution in [-0.2, 0) is 68.0 Å². The Morgan fingerprint density at radius 1 is 0.565 bits per heavy atom. The Bertz CT molecular complexity index is 3830. The highest BCUT2D eigenvalue weighted by molar-refractivity contribution is 6.07. The zero-order valence-electron chi connectivity index (χ0n) is 47.6. The molecule has 440 valence electrons. The van der Waals surface area contributed by atoms with E-state index < -0.39 is 53.4 Å². The summed E-state index contributed by atoms with van der Waals surface area (Å²) in [7, 11) is 0. The van der Waals surface area contributed by atoms with Gasteiger partial charge in [0.1, 0.15) is 47.4 Å². The number of alkyl carbamates (subject to hydrolysis) is 1. The van der Waals surface area contributed by atoms with Gasteiger partial charge in [-0.05, 0) is 146 Å². The van der Waals surface area contributed by atoms with Gasteiger partial charge in [-0.3, -0.25) is 24.0 Å². The summed E-state index contributed by atoms with van der Waals surface area (Å²) in [4.78, 5) is 92.6. The minimum Gasteiger partial charge on any atom is -0.480 e. The number of aliphatic hydroxyl groups excluding tert-OH is 1. The van der Waals surface area contributed by atoms with Gasteiger partial charge in [0.05, 0.1) is 30.5 Å². The number of ether oxygens (including phenoxy) is 3. The van der Waals surface area contributed by atoms with Gasteiger partial charge in [-0.2, -0.15) is 0 Å². The Morgan fingerprint density at radius 2 is 0.988 bits per heavy atom. The number of nitrogens with one attached hydrogen (secondary N) is 1. The zero-order chi connectivity index (χ0) is 61.3. The highest BCUT2D eigenvalue weighted by Gasteiger charge is 2.29. The second-order valence-corrected chi connectivity index (χ2v) is 21.9. The van der Waals surface area contributed by atoms with Crippen LogP contribution in [-0.4, -0.2) is 93.5 Å². The monoisotopic (exact) mass is 1160 g/mol. The lowest BCUT2D eigenvalue weighted by Gasteiger charge is -2.19. The normalized spacial score (nSPS) is 12.5. The number of aliphatic carboxylic acids is 1. The fraction of sp³-hybridized carbons (Fsp3) is 0.270. The summed E-state index contributed by atoms with van der Waals surface area (Å²) in [6.45, 7) is 11.5. The van der Waals surface area contributed by atoms with E-state index in [1.807, 2.05) is 48.5 Å². The SMILES string of the molecule is CC(C)(C)OC(=O)CCC(=O)OCc1ccc(F)cc1-c1ccc2nc(N)nc(C(=O)N3Cc4ccccc4C3)c2c1.CC(C)(C)OC(=O)NCC(=O)O.Nc1nc(C(=O)N2Cc3ccccc3C2)c2cc(-c3cc(F)ccc3CO)ccc2n1. The number of anilines is 2. The number of hydrogen-bond donors (Lipinski definition) is 5. The van der Waals surface area contributed by atoms with Crippen molar-refractivity contribution in [3.8, 4) is 22.3 Å². The van der Waals surface area contributed by atoms with E-state index in [1.54, 1.807) is 93.8 Å². The van der Waals surface area contributed by atoms with Gasteiger partial charge >= 0.3 is 24.0 Å². The Kier molecular flexibility index (Phi) is 18.8. The third-order valence-corrected chi connectivity index (χ3v) is 13.1. The molecule has 0 saturated carbocycles. The summed E-state index contributed by atoms with van der Waals surface area (Å²) < 4.78 is 43.7. The second kappa shape index (κ2) is 26.1. The van der Waals surface area contributed by atoms with Crippen LogP contribution in [0.1, 0.15) is 109 Å². The maximum Gasteiger partial charge on any atom is 0.408 e. The number of amides is 3. The maximum absolute atomic E-state index is 14.4. The number of nitrogens with two attached hydrogens (primary N) is 2. The number of hydrogen-bond acceptors (Lipinski definition) is 16. The number of carbonyl (C=O) groups excluding carboxylic acids is 5. The molecule has 0 unspecified atom stereocenters. The van der Waals surface area contributed by atoms with Crippen LogP contribution >= 0.6 is 0 Å². The van der Waals surface area contributed by atoms with Gasteiger partial charge in [-0.1, -0.05) is 72.8 Å². The second-order valence-electron chi connectivity index (χ2n) is 21.9. The quantitative estimate of drug-likeness (QED) is 0.0562. The van der Waals surface area contributed by atoms with Gasteiger partial charge in [0.2, 0.25) is 11.9 Å². The first kappa shape index (κ1) is 61.1. The fourth-order valence-corrected chi connectivity index (χ4v) is 9.39. The number of nitrogen functional groups attached to an aromatic ring is 2. The van der Waals surface area contributed by atoms with E-state index in [4.69, 9.17) is 30.8 Å². The molecule has 85 heavy (non-hydrogen) atoms. The van der Waals surface area contributed by atoms with Crippen LogP contribution < -0.4 is 16.8 Å². The van der Waals surface area contributed by atoms with E-state index in [0.717, 1.165) is 22.3 Å². The van der Waals surface area contributed by atoms with Crippen molar-refractivity contribution in [3.05, 3.63) is 178 Å². The average Bonchev–Trinajstić information content (AvgIpc) is 3.01. The van der Waals surface area contributed by atoms with Gasteiger partial charge in [0.25, 0.3) is 11.8 Å². The van der Waals surface area contributed by atoms with E-state index in [-0.39, 0.29) is 61.2 Å². The molecule has 0 atom stereocenters. The number of rotatable bonds is 12. The first-order chi connectivity index (χ1) is 40.3. The smallest absolute Gasteiger partial charge is 0.408 e. The molecule has 3 amide bonds. The predicted molar refractivity (Wildman–Crippen MR) is 311 cm³/mol. The maximum atomic E-state index is 14.4. The molecule has 20 nitrogen and oxygen atoms in total. The molecule has 0 spiro atoms. The molecule has 7 N–H and O–H groups in total. The molecule has 0 saturated heterocycles. The van der Waals surface area contributed by atoms with Gasteiger partial charge in [-0.25, -0.2) is 33.5 Å². The number of aliphatic hydroxyl groups is 1. The first-order valence-corrected chi connectivity index (χ1v) is 26.9.